The summed E-state index contributed by atoms with van der Waals surface area (Å²) in [7, 11) is 1.34. The second-order valence-electron chi connectivity index (χ2n) is 6.99. The Kier molecular flexibility index (Phi) is 5.68. The molecule has 0 unspecified atom stereocenters. The molecule has 0 radical (unpaired) electrons. The molecule has 3 aromatic heterocycles. The molecule has 3 aromatic rings. The van der Waals surface area contributed by atoms with Gasteiger partial charge in [0.1, 0.15) is 0 Å². The Balaban J connectivity index is 1.56. The highest BCUT2D eigenvalue weighted by molar-refractivity contribution is 7.17. The lowest BCUT2D eigenvalue weighted by Gasteiger charge is -2.18. The minimum atomic E-state index is -0.797. The third-order valence-corrected chi connectivity index (χ3v) is 5.82. The second kappa shape index (κ2) is 8.57. The van der Waals surface area contributed by atoms with Crippen LogP contribution in [-0.2, 0) is 0 Å². The standard InChI is InChI=1S/C19H19N7O4S/c1-10-6-7-21-26(10)19-25-24-18(31-19)23-16(27)14-8-13(15(29-2)17(28)30-14)22-12-5-3-4-11(12)9-20/h6-8,11-12,22H,3-5H2,1-2H3,(H,23,24,27)/t11-,12-/m0/s1. The van der Waals surface area contributed by atoms with E-state index in [4.69, 9.17) is 9.15 Å². The summed E-state index contributed by atoms with van der Waals surface area (Å²) in [6.45, 7) is 1.87. The number of nitriles is 1. The first kappa shape index (κ1) is 20.5. The molecule has 12 heteroatoms. The quantitative estimate of drug-likeness (QED) is 0.588. The lowest BCUT2D eigenvalue weighted by atomic mass is 10.1. The van der Waals surface area contributed by atoms with Gasteiger partial charge in [-0.25, -0.2) is 9.48 Å². The Morgan fingerprint density at radius 3 is 2.97 bits per heavy atom. The van der Waals surface area contributed by atoms with Gasteiger partial charge in [-0.15, -0.1) is 10.2 Å². The topological polar surface area (TPSA) is 148 Å². The molecule has 1 aliphatic rings. The first-order valence-corrected chi connectivity index (χ1v) is 10.4. The number of methoxy groups -OCH3 is 1. The van der Waals surface area contributed by atoms with Crippen LogP contribution >= 0.6 is 11.3 Å². The van der Waals surface area contributed by atoms with Crippen molar-refractivity contribution >= 4 is 28.1 Å². The summed E-state index contributed by atoms with van der Waals surface area (Å²) in [6.07, 6.45) is 4.10. The van der Waals surface area contributed by atoms with Gasteiger partial charge in [0.2, 0.25) is 16.0 Å². The minimum Gasteiger partial charge on any atom is -0.488 e. The van der Waals surface area contributed by atoms with Gasteiger partial charge in [-0.2, -0.15) is 10.4 Å². The van der Waals surface area contributed by atoms with Crippen molar-refractivity contribution in [3.8, 4) is 17.0 Å². The van der Waals surface area contributed by atoms with Crippen LogP contribution in [-0.4, -0.2) is 39.0 Å². The van der Waals surface area contributed by atoms with E-state index in [9.17, 15) is 14.9 Å². The molecule has 11 nitrogen and oxygen atoms in total. The van der Waals surface area contributed by atoms with Crippen molar-refractivity contribution in [1.29, 1.82) is 5.26 Å². The van der Waals surface area contributed by atoms with Crippen molar-refractivity contribution < 1.29 is 13.9 Å². The average molecular weight is 441 g/mol. The number of carbonyl (C=O) groups excluding carboxylic acids is 1. The lowest BCUT2D eigenvalue weighted by Crippen LogP contribution is -2.25. The Morgan fingerprint density at radius 2 is 2.26 bits per heavy atom. The highest BCUT2D eigenvalue weighted by Gasteiger charge is 2.29. The third kappa shape index (κ3) is 4.13. The molecule has 31 heavy (non-hydrogen) atoms. The lowest BCUT2D eigenvalue weighted by molar-refractivity contribution is 0.0991. The molecule has 0 saturated heterocycles. The van der Waals surface area contributed by atoms with Gasteiger partial charge in [0.25, 0.3) is 5.91 Å². The monoisotopic (exact) mass is 441 g/mol. The molecule has 2 N–H and O–H groups in total. The summed E-state index contributed by atoms with van der Waals surface area (Å²) in [5.41, 5.74) is 0.379. The van der Waals surface area contributed by atoms with E-state index in [0.717, 1.165) is 36.3 Å². The Labute approximate surface area is 180 Å². The maximum atomic E-state index is 12.7. The number of carbonyl (C=O) groups is 1. The van der Waals surface area contributed by atoms with E-state index in [1.807, 2.05) is 13.0 Å². The molecule has 2 atom stereocenters. The first-order valence-electron chi connectivity index (χ1n) is 9.54. The molecule has 0 bridgehead atoms. The number of amides is 1. The van der Waals surface area contributed by atoms with E-state index in [0.29, 0.717) is 10.8 Å². The number of hydrogen-bond donors (Lipinski definition) is 2. The van der Waals surface area contributed by atoms with Crippen molar-refractivity contribution in [2.45, 2.75) is 32.2 Å². The van der Waals surface area contributed by atoms with E-state index in [1.54, 1.807) is 10.9 Å². The third-order valence-electron chi connectivity index (χ3n) is 5.01. The molecule has 0 aliphatic heterocycles. The van der Waals surface area contributed by atoms with Crippen molar-refractivity contribution in [2.24, 2.45) is 5.92 Å². The Hall–Kier alpha value is -3.72. The zero-order chi connectivity index (χ0) is 22.0. The predicted molar refractivity (Wildman–Crippen MR) is 112 cm³/mol. The van der Waals surface area contributed by atoms with E-state index in [1.165, 1.54) is 13.2 Å². The number of rotatable bonds is 6. The minimum absolute atomic E-state index is 0.0486. The normalized spacial score (nSPS) is 17.8. The van der Waals surface area contributed by atoms with Crippen LogP contribution in [0.1, 0.15) is 35.5 Å². The van der Waals surface area contributed by atoms with Gasteiger partial charge >= 0.3 is 5.63 Å². The summed E-state index contributed by atoms with van der Waals surface area (Å²) in [4.78, 5) is 25.0. The maximum absolute atomic E-state index is 12.7. The van der Waals surface area contributed by atoms with Crippen LogP contribution in [0.25, 0.3) is 5.13 Å². The summed E-state index contributed by atoms with van der Waals surface area (Å²) in [5, 5.41) is 27.9. The number of aromatic nitrogens is 4. The molecule has 160 valence electrons. The number of anilines is 2. The molecular weight excluding hydrogens is 422 g/mol. The smallest absolute Gasteiger partial charge is 0.381 e. The van der Waals surface area contributed by atoms with E-state index < -0.39 is 11.5 Å². The molecule has 1 saturated carbocycles. The summed E-state index contributed by atoms with van der Waals surface area (Å²) in [5.74, 6) is -1.11. The molecular formula is C19H19N7O4S. The molecule has 1 aliphatic carbocycles. The molecule has 0 spiro atoms. The number of aryl methyl sites for hydroxylation is 1. The van der Waals surface area contributed by atoms with Crippen LogP contribution < -0.4 is 21.0 Å². The van der Waals surface area contributed by atoms with Gasteiger partial charge in [-0.05, 0) is 32.3 Å². The highest BCUT2D eigenvalue weighted by atomic mass is 32.1. The van der Waals surface area contributed by atoms with Gasteiger partial charge in [-0.3, -0.25) is 10.1 Å². The molecule has 3 heterocycles. The highest BCUT2D eigenvalue weighted by Crippen LogP contribution is 2.31. The van der Waals surface area contributed by atoms with Gasteiger partial charge in [0.05, 0.1) is 24.8 Å². The second-order valence-corrected chi connectivity index (χ2v) is 7.95. The molecule has 0 aromatic carbocycles. The molecule has 1 fully saturated rings. The van der Waals surface area contributed by atoms with Crippen LogP contribution in [0.3, 0.4) is 0 Å². The average Bonchev–Trinajstić information content (AvgIpc) is 3.49. The van der Waals surface area contributed by atoms with Crippen molar-refractivity contribution in [3.63, 3.8) is 0 Å². The fourth-order valence-electron chi connectivity index (χ4n) is 3.46. The zero-order valence-corrected chi connectivity index (χ0v) is 17.6. The number of nitrogens with zero attached hydrogens (tertiary/aromatic N) is 5. The van der Waals surface area contributed by atoms with Crippen molar-refractivity contribution in [2.75, 3.05) is 17.7 Å². The van der Waals surface area contributed by atoms with Crippen molar-refractivity contribution in [3.05, 3.63) is 40.2 Å². The van der Waals surface area contributed by atoms with Crippen LogP contribution in [0.4, 0.5) is 10.8 Å². The van der Waals surface area contributed by atoms with E-state index in [-0.39, 0.29) is 28.6 Å². The summed E-state index contributed by atoms with van der Waals surface area (Å²) in [6, 6.07) is 5.34. The Morgan fingerprint density at radius 1 is 1.42 bits per heavy atom. The fourth-order valence-corrected chi connectivity index (χ4v) is 4.22. The summed E-state index contributed by atoms with van der Waals surface area (Å²) < 4.78 is 11.9. The number of hydrogen-bond acceptors (Lipinski definition) is 10. The van der Waals surface area contributed by atoms with Gasteiger partial charge in [-0.1, -0.05) is 11.3 Å². The van der Waals surface area contributed by atoms with Crippen LogP contribution in [0.15, 0.2) is 27.5 Å². The number of nitrogens with one attached hydrogen (secondary N) is 2. The Bertz CT molecular complexity index is 1210. The number of ether oxygens (including phenoxy) is 1. The first-order chi connectivity index (χ1) is 15.0. The molecule has 1 amide bonds. The largest absolute Gasteiger partial charge is 0.488 e. The maximum Gasteiger partial charge on any atom is 0.381 e. The van der Waals surface area contributed by atoms with Gasteiger partial charge in [0, 0.05) is 24.0 Å². The predicted octanol–water partition coefficient (Wildman–Crippen LogP) is 2.35. The van der Waals surface area contributed by atoms with Gasteiger partial charge in [0.15, 0.2) is 5.76 Å². The van der Waals surface area contributed by atoms with Crippen LogP contribution in [0.2, 0.25) is 0 Å². The molecule has 4 rings (SSSR count). The van der Waals surface area contributed by atoms with Gasteiger partial charge < -0.3 is 14.5 Å². The zero-order valence-electron chi connectivity index (χ0n) is 16.8. The summed E-state index contributed by atoms with van der Waals surface area (Å²) >= 11 is 1.12. The van der Waals surface area contributed by atoms with E-state index >= 15 is 0 Å². The van der Waals surface area contributed by atoms with E-state index in [2.05, 4.69) is 32.0 Å². The SMILES string of the molecule is COc1c(N[C@H]2CCC[C@H]2C#N)cc(C(=O)Nc2nnc(-n3nccc3C)s2)oc1=O. The van der Waals surface area contributed by atoms with Crippen LogP contribution in [0, 0.1) is 24.2 Å². The van der Waals surface area contributed by atoms with Crippen LogP contribution in [0.5, 0.6) is 5.75 Å². The fraction of sp³-hybridized carbons (Fsp3) is 0.368. The van der Waals surface area contributed by atoms with Crippen molar-refractivity contribution in [1.82, 2.24) is 20.0 Å².